The Balaban J connectivity index is 1.60. The Labute approximate surface area is 230 Å². The summed E-state index contributed by atoms with van der Waals surface area (Å²) in [4.78, 5) is 18.9. The Morgan fingerprint density at radius 2 is 1.88 bits per heavy atom. The predicted octanol–water partition coefficient (Wildman–Crippen LogP) is 4.37. The Hall–Kier alpha value is -3.40. The summed E-state index contributed by atoms with van der Waals surface area (Å²) in [5.74, 6) is -4.18. The van der Waals surface area contributed by atoms with E-state index >= 15 is 4.39 Å². The highest BCUT2D eigenvalue weighted by Crippen LogP contribution is 2.51. The molecule has 1 amide bonds. The second-order valence-electron chi connectivity index (χ2n) is 10.2. The zero-order valence-electron chi connectivity index (χ0n) is 21.8. The second kappa shape index (κ2) is 9.33. The number of alkyl halides is 2. The fourth-order valence-electron chi connectivity index (χ4n) is 6.04. The smallest absolute Gasteiger partial charge is 0.387 e. The largest absolute Gasteiger partial charge is 0.434 e. The van der Waals surface area contributed by atoms with Crippen molar-refractivity contribution < 1.29 is 32.9 Å². The van der Waals surface area contributed by atoms with Crippen LogP contribution in [-0.2, 0) is 0 Å². The van der Waals surface area contributed by atoms with Gasteiger partial charge in [0.25, 0.3) is 5.91 Å². The SMILES string of the molecule is [B]C(O)(O)N1C(=O)c2cccc(OC(F)F)c2C2CC1c1nc3ccc(-c4ccc(P(C)C)c(C)c4F)cc3n12. The molecular weight excluding hydrogens is 541 g/mol. The zero-order valence-corrected chi connectivity index (χ0v) is 22.7. The number of aliphatic hydroxyl groups is 2. The minimum Gasteiger partial charge on any atom is -0.434 e. The molecule has 2 aliphatic heterocycles. The molecule has 2 unspecified atom stereocenters. The number of ether oxygens (including phenoxy) is 1. The maximum absolute atomic E-state index is 15.6. The summed E-state index contributed by atoms with van der Waals surface area (Å²) >= 11 is 0. The number of rotatable bonds is 5. The highest BCUT2D eigenvalue weighted by Gasteiger charge is 2.50. The van der Waals surface area contributed by atoms with Crippen LogP contribution in [0.3, 0.4) is 0 Å². The summed E-state index contributed by atoms with van der Waals surface area (Å²) in [7, 11) is 5.13. The molecule has 3 aromatic carbocycles. The normalized spacial score (nSPS) is 18.4. The van der Waals surface area contributed by atoms with E-state index in [0.717, 1.165) is 5.30 Å². The Bertz CT molecular complexity index is 1690. The predicted molar refractivity (Wildman–Crippen MR) is 146 cm³/mol. The van der Waals surface area contributed by atoms with Gasteiger partial charge in [-0.25, -0.2) is 9.37 Å². The van der Waals surface area contributed by atoms with Crippen LogP contribution in [0, 0.1) is 12.7 Å². The summed E-state index contributed by atoms with van der Waals surface area (Å²) in [6.45, 7) is 2.72. The third kappa shape index (κ3) is 4.02. The molecule has 7 nitrogen and oxygen atoms in total. The van der Waals surface area contributed by atoms with Crippen LogP contribution in [0.25, 0.3) is 22.2 Å². The second-order valence-corrected chi connectivity index (χ2v) is 12.5. The van der Waals surface area contributed by atoms with Gasteiger partial charge in [-0.15, -0.1) is 0 Å². The van der Waals surface area contributed by atoms with Crippen molar-refractivity contribution in [2.45, 2.75) is 37.9 Å². The third-order valence-electron chi connectivity index (χ3n) is 7.65. The van der Waals surface area contributed by atoms with Crippen molar-refractivity contribution in [2.24, 2.45) is 0 Å². The molecule has 40 heavy (non-hydrogen) atoms. The zero-order chi connectivity index (χ0) is 28.7. The van der Waals surface area contributed by atoms with Gasteiger partial charge in [-0.1, -0.05) is 32.2 Å². The van der Waals surface area contributed by atoms with Gasteiger partial charge < -0.3 is 19.5 Å². The summed E-state index contributed by atoms with van der Waals surface area (Å²) in [5.41, 5.74) is 2.72. The molecule has 2 aliphatic rings. The van der Waals surface area contributed by atoms with E-state index in [1.807, 2.05) is 6.07 Å². The molecule has 1 aromatic heterocycles. The lowest BCUT2D eigenvalue weighted by Crippen LogP contribution is -2.53. The number of imidazole rings is 1. The van der Waals surface area contributed by atoms with Crippen LogP contribution in [0.5, 0.6) is 5.75 Å². The molecule has 6 rings (SSSR count). The first-order valence-electron chi connectivity index (χ1n) is 12.5. The van der Waals surface area contributed by atoms with E-state index < -0.39 is 38.3 Å². The maximum Gasteiger partial charge on any atom is 0.387 e. The van der Waals surface area contributed by atoms with Gasteiger partial charge in [0.15, 0.2) is 13.7 Å². The minimum atomic E-state index is -3.16. The monoisotopic (exact) mass is 565 g/mol. The average Bonchev–Trinajstić information content (AvgIpc) is 3.37. The van der Waals surface area contributed by atoms with Crippen LogP contribution < -0.4 is 10.0 Å². The number of carbonyl (C=O) groups is 1. The molecule has 204 valence electrons. The Morgan fingerprint density at radius 3 is 2.55 bits per heavy atom. The number of fused-ring (bicyclic) bond motifs is 9. The van der Waals surface area contributed by atoms with Gasteiger partial charge in [-0.05, 0) is 61.0 Å². The third-order valence-corrected chi connectivity index (χ3v) is 9.10. The summed E-state index contributed by atoms with van der Waals surface area (Å²) in [6, 6.07) is 11.2. The number of amides is 1. The average molecular weight is 565 g/mol. The molecule has 4 aromatic rings. The van der Waals surface area contributed by atoms with Crippen molar-refractivity contribution >= 4 is 38.0 Å². The van der Waals surface area contributed by atoms with Gasteiger partial charge in [-0.3, -0.25) is 9.69 Å². The molecule has 2 radical (unpaired) electrons. The van der Waals surface area contributed by atoms with E-state index in [9.17, 15) is 23.8 Å². The molecular formula is C28H24BF3N3O4P. The first-order valence-corrected chi connectivity index (χ1v) is 14.8. The highest BCUT2D eigenvalue weighted by molar-refractivity contribution is 7.64. The lowest BCUT2D eigenvalue weighted by atomic mass is 9.97. The molecule has 0 fully saturated rings. The fraction of sp³-hybridized carbons (Fsp3) is 0.286. The molecule has 12 heteroatoms. The van der Waals surface area contributed by atoms with E-state index in [1.165, 1.54) is 18.2 Å². The molecule has 0 saturated carbocycles. The van der Waals surface area contributed by atoms with E-state index in [2.05, 4.69) is 18.3 Å². The lowest BCUT2D eigenvalue weighted by Gasteiger charge is -2.37. The van der Waals surface area contributed by atoms with Gasteiger partial charge in [0, 0.05) is 23.1 Å². The van der Waals surface area contributed by atoms with Crippen molar-refractivity contribution in [1.82, 2.24) is 14.5 Å². The molecule has 2 bridgehead atoms. The molecule has 3 heterocycles. The van der Waals surface area contributed by atoms with Gasteiger partial charge >= 0.3 is 6.61 Å². The molecule has 0 spiro atoms. The minimum absolute atomic E-state index is 0.0554. The van der Waals surface area contributed by atoms with Gasteiger partial charge in [0.05, 0.1) is 23.1 Å². The number of halogens is 3. The van der Waals surface area contributed by atoms with Gasteiger partial charge in [0.2, 0.25) is 0 Å². The summed E-state index contributed by atoms with van der Waals surface area (Å²) < 4.78 is 48.9. The van der Waals surface area contributed by atoms with Crippen LogP contribution in [-0.4, -0.2) is 64.2 Å². The van der Waals surface area contributed by atoms with Crippen molar-refractivity contribution in [3.05, 3.63) is 76.9 Å². The quantitative estimate of drug-likeness (QED) is 0.213. The van der Waals surface area contributed by atoms with Crippen LogP contribution in [0.2, 0.25) is 0 Å². The number of benzene rings is 3. The van der Waals surface area contributed by atoms with Crippen molar-refractivity contribution in [3.8, 4) is 16.9 Å². The lowest BCUT2D eigenvalue weighted by molar-refractivity contribution is -0.190. The van der Waals surface area contributed by atoms with E-state index in [1.54, 1.807) is 35.8 Å². The van der Waals surface area contributed by atoms with Gasteiger partial charge in [-0.2, -0.15) is 8.78 Å². The number of nitrogens with zero attached hydrogens (tertiary/aromatic N) is 3. The molecule has 2 N–H and O–H groups in total. The Morgan fingerprint density at radius 1 is 1.12 bits per heavy atom. The van der Waals surface area contributed by atoms with E-state index in [4.69, 9.17) is 12.6 Å². The number of hydrogen-bond acceptors (Lipinski definition) is 5. The molecule has 0 saturated heterocycles. The Kier molecular flexibility index (Phi) is 6.25. The van der Waals surface area contributed by atoms with Gasteiger partial charge in [0.1, 0.15) is 17.4 Å². The number of aromatic nitrogens is 2. The van der Waals surface area contributed by atoms with Crippen LogP contribution in [0.1, 0.15) is 45.8 Å². The van der Waals surface area contributed by atoms with E-state index in [0.29, 0.717) is 32.6 Å². The number of carbonyl (C=O) groups excluding carboxylic acids is 1. The first kappa shape index (κ1) is 26.8. The van der Waals surface area contributed by atoms with E-state index in [-0.39, 0.29) is 34.9 Å². The van der Waals surface area contributed by atoms with Crippen molar-refractivity contribution in [2.75, 3.05) is 13.3 Å². The highest BCUT2D eigenvalue weighted by atomic mass is 31.1. The van der Waals surface area contributed by atoms with Crippen LogP contribution >= 0.6 is 7.92 Å². The van der Waals surface area contributed by atoms with Crippen molar-refractivity contribution in [1.29, 1.82) is 0 Å². The van der Waals surface area contributed by atoms with Crippen molar-refractivity contribution in [3.63, 3.8) is 0 Å². The van der Waals surface area contributed by atoms with Crippen LogP contribution in [0.4, 0.5) is 13.2 Å². The topological polar surface area (TPSA) is 87.8 Å². The standard InChI is InChI=1S/C28H24BF3N3O4P/c1-13-22(40(2)3)10-8-15(24(13)30)14-7-9-17-18(11-14)34-19-12-20(25(34)33-17)35(28(29,37)38)26(36)16-5-4-6-21(23(16)19)39-27(31)32/h4-11,19-20,27,37-38H,12H2,1-3H3. The number of hydrogen-bond donors (Lipinski definition) is 2. The van der Waals surface area contributed by atoms with Crippen LogP contribution in [0.15, 0.2) is 48.5 Å². The summed E-state index contributed by atoms with van der Waals surface area (Å²) in [6.07, 6.45) is 0.0731. The maximum atomic E-state index is 15.6. The first-order chi connectivity index (χ1) is 18.9. The molecule has 2 atom stereocenters. The molecule has 0 aliphatic carbocycles. The fourth-order valence-corrected chi connectivity index (χ4v) is 7.18. The summed E-state index contributed by atoms with van der Waals surface area (Å²) in [5, 5.41) is 21.8.